The zero-order chi connectivity index (χ0) is 21.0. The fourth-order valence-corrected chi connectivity index (χ4v) is 3.64. The summed E-state index contributed by atoms with van der Waals surface area (Å²) in [6.45, 7) is 1.18. The highest BCUT2D eigenvalue weighted by molar-refractivity contribution is 5.89. The molecule has 0 spiro atoms. The van der Waals surface area contributed by atoms with E-state index in [4.69, 9.17) is 4.74 Å². The van der Waals surface area contributed by atoms with Crippen molar-refractivity contribution in [2.45, 2.75) is 18.9 Å². The highest BCUT2D eigenvalue weighted by atomic mass is 19.1. The maximum Gasteiger partial charge on any atom is 0.245 e. The molecule has 1 aliphatic rings. The Labute approximate surface area is 168 Å². The Morgan fingerprint density at radius 3 is 2.52 bits per heavy atom. The van der Waals surface area contributed by atoms with E-state index in [1.165, 1.54) is 19.2 Å². The van der Waals surface area contributed by atoms with Crippen LogP contribution in [-0.2, 0) is 20.7 Å². The van der Waals surface area contributed by atoms with Gasteiger partial charge < -0.3 is 14.5 Å². The Morgan fingerprint density at radius 1 is 1.14 bits per heavy atom. The first-order valence-electron chi connectivity index (χ1n) is 9.48. The van der Waals surface area contributed by atoms with Crippen LogP contribution >= 0.6 is 0 Å². The minimum absolute atomic E-state index is 0.146. The molecular weight excluding hydrogens is 378 g/mol. The summed E-state index contributed by atoms with van der Waals surface area (Å²) in [5, 5.41) is 0. The Morgan fingerprint density at radius 2 is 1.83 bits per heavy atom. The molecule has 0 aliphatic carbocycles. The molecule has 0 unspecified atom stereocenters. The van der Waals surface area contributed by atoms with Crippen molar-refractivity contribution in [2.24, 2.45) is 0 Å². The van der Waals surface area contributed by atoms with Gasteiger partial charge in [0.05, 0.1) is 13.0 Å². The van der Waals surface area contributed by atoms with Gasteiger partial charge in [0.25, 0.3) is 0 Å². The van der Waals surface area contributed by atoms with Gasteiger partial charge in [0.1, 0.15) is 17.7 Å². The zero-order valence-corrected chi connectivity index (χ0v) is 16.5. The van der Waals surface area contributed by atoms with Crippen molar-refractivity contribution >= 4 is 11.8 Å². The van der Waals surface area contributed by atoms with E-state index in [1.807, 2.05) is 12.1 Å². The van der Waals surface area contributed by atoms with Gasteiger partial charge in [-0.1, -0.05) is 24.3 Å². The number of carbonyl (C=O) groups excluding carboxylic acids is 2. The van der Waals surface area contributed by atoms with Crippen LogP contribution in [-0.4, -0.2) is 61.5 Å². The number of benzene rings is 2. The van der Waals surface area contributed by atoms with Crippen molar-refractivity contribution in [2.75, 3.05) is 33.9 Å². The maximum atomic E-state index is 13.7. The highest BCUT2D eigenvalue weighted by Gasteiger charge is 2.36. The minimum atomic E-state index is -0.669. The first-order valence-corrected chi connectivity index (χ1v) is 9.48. The third-order valence-electron chi connectivity index (χ3n) is 5.16. The first kappa shape index (κ1) is 20.9. The zero-order valence-electron chi connectivity index (χ0n) is 16.5. The molecule has 0 N–H and O–H groups in total. The van der Waals surface area contributed by atoms with Crippen LogP contribution in [0.15, 0.2) is 42.5 Å². The molecule has 5 nitrogen and oxygen atoms in total. The van der Waals surface area contributed by atoms with Crippen molar-refractivity contribution in [3.63, 3.8) is 0 Å². The molecule has 0 saturated carbocycles. The molecule has 7 heteroatoms. The molecule has 2 amide bonds. The van der Waals surface area contributed by atoms with Crippen molar-refractivity contribution in [3.8, 4) is 11.1 Å². The van der Waals surface area contributed by atoms with Gasteiger partial charge in [0.15, 0.2) is 0 Å². The summed E-state index contributed by atoms with van der Waals surface area (Å²) < 4.78 is 32.5. The van der Waals surface area contributed by atoms with Crippen LogP contribution in [0.3, 0.4) is 0 Å². The van der Waals surface area contributed by atoms with Crippen molar-refractivity contribution in [1.29, 1.82) is 0 Å². The molecule has 29 heavy (non-hydrogen) atoms. The van der Waals surface area contributed by atoms with E-state index in [-0.39, 0.29) is 31.3 Å². The fourth-order valence-electron chi connectivity index (χ4n) is 3.64. The largest absolute Gasteiger partial charge is 0.384 e. The predicted octanol–water partition coefficient (Wildman–Crippen LogP) is 2.88. The van der Waals surface area contributed by atoms with Crippen LogP contribution in [0, 0.1) is 11.6 Å². The van der Waals surface area contributed by atoms with Gasteiger partial charge in [-0.3, -0.25) is 9.59 Å². The number of hydrogen-bond acceptors (Lipinski definition) is 3. The number of halogens is 2. The van der Waals surface area contributed by atoms with Gasteiger partial charge in [-0.25, -0.2) is 8.78 Å². The molecule has 1 fully saturated rings. The quantitative estimate of drug-likeness (QED) is 0.747. The molecule has 0 radical (unpaired) electrons. The number of methoxy groups -OCH3 is 1. The average Bonchev–Trinajstić information content (AvgIpc) is 2.69. The molecule has 1 atom stereocenters. The van der Waals surface area contributed by atoms with Crippen LogP contribution < -0.4 is 0 Å². The number of ether oxygens (including phenoxy) is 1. The lowest BCUT2D eigenvalue weighted by Crippen LogP contribution is -2.58. The van der Waals surface area contributed by atoms with Gasteiger partial charge in [-0.05, 0) is 28.8 Å². The Bertz CT molecular complexity index is 883. The van der Waals surface area contributed by atoms with Crippen molar-refractivity contribution in [1.82, 2.24) is 9.80 Å². The van der Waals surface area contributed by atoms with Crippen molar-refractivity contribution in [3.05, 3.63) is 59.7 Å². The summed E-state index contributed by atoms with van der Waals surface area (Å²) in [7, 11) is 3.23. The van der Waals surface area contributed by atoms with Crippen LogP contribution in [0.4, 0.5) is 8.78 Å². The molecule has 2 aromatic carbocycles. The number of carbonyl (C=O) groups is 2. The summed E-state index contributed by atoms with van der Waals surface area (Å²) in [6, 6.07) is 9.84. The Kier molecular flexibility index (Phi) is 6.59. The number of nitrogens with zero attached hydrogens (tertiary/aromatic N) is 2. The molecule has 154 valence electrons. The summed E-state index contributed by atoms with van der Waals surface area (Å²) in [5.74, 6) is -1.63. The molecule has 3 rings (SSSR count). The predicted molar refractivity (Wildman–Crippen MR) is 105 cm³/mol. The lowest BCUT2D eigenvalue weighted by molar-refractivity contribution is -0.150. The normalized spacial score (nSPS) is 17.0. The van der Waals surface area contributed by atoms with E-state index >= 15 is 0 Å². The molecule has 1 aliphatic heterocycles. The monoisotopic (exact) mass is 402 g/mol. The van der Waals surface area contributed by atoms with Crippen LogP contribution in [0.5, 0.6) is 0 Å². The summed E-state index contributed by atoms with van der Waals surface area (Å²) in [4.78, 5) is 28.7. The third kappa shape index (κ3) is 4.79. The molecule has 1 heterocycles. The van der Waals surface area contributed by atoms with Gasteiger partial charge >= 0.3 is 0 Å². The summed E-state index contributed by atoms with van der Waals surface area (Å²) >= 11 is 0. The number of amides is 2. The minimum Gasteiger partial charge on any atom is -0.384 e. The summed E-state index contributed by atoms with van der Waals surface area (Å²) in [6.07, 6.45) is 0.455. The van der Waals surface area contributed by atoms with Crippen LogP contribution in [0.25, 0.3) is 11.1 Å². The van der Waals surface area contributed by atoms with E-state index in [1.54, 1.807) is 29.0 Å². The second-order valence-electron chi connectivity index (χ2n) is 7.12. The molecule has 2 aromatic rings. The van der Waals surface area contributed by atoms with Gasteiger partial charge in [0.2, 0.25) is 11.8 Å². The summed E-state index contributed by atoms with van der Waals surface area (Å²) in [5.41, 5.74) is 1.78. The second kappa shape index (κ2) is 9.13. The number of likely N-dealkylation sites (N-methyl/N-ethyl adjacent to an activating group) is 1. The Balaban J connectivity index is 1.94. The third-order valence-corrected chi connectivity index (χ3v) is 5.16. The van der Waals surface area contributed by atoms with Crippen LogP contribution in [0.2, 0.25) is 0 Å². The Hall–Kier alpha value is -2.80. The lowest BCUT2D eigenvalue weighted by atomic mass is 9.93. The van der Waals surface area contributed by atoms with Crippen LogP contribution in [0.1, 0.15) is 12.0 Å². The van der Waals surface area contributed by atoms with E-state index < -0.39 is 17.7 Å². The lowest BCUT2D eigenvalue weighted by Gasteiger charge is -2.39. The smallest absolute Gasteiger partial charge is 0.245 e. The topological polar surface area (TPSA) is 49.9 Å². The van der Waals surface area contributed by atoms with Gasteiger partial charge in [-0.2, -0.15) is 0 Å². The highest BCUT2D eigenvalue weighted by Crippen LogP contribution is 2.28. The second-order valence-corrected chi connectivity index (χ2v) is 7.12. The van der Waals surface area contributed by atoms with Gasteiger partial charge in [0, 0.05) is 39.7 Å². The molecule has 0 aromatic heterocycles. The van der Waals surface area contributed by atoms with Crippen molar-refractivity contribution < 1.29 is 23.1 Å². The van der Waals surface area contributed by atoms with Gasteiger partial charge in [-0.15, -0.1) is 0 Å². The average molecular weight is 402 g/mol. The molecular formula is C22H24F2N2O3. The van der Waals surface area contributed by atoms with E-state index in [9.17, 15) is 18.4 Å². The van der Waals surface area contributed by atoms with E-state index in [0.29, 0.717) is 24.2 Å². The van der Waals surface area contributed by atoms with E-state index in [0.717, 1.165) is 11.6 Å². The molecule has 0 bridgehead atoms. The molecule has 1 saturated heterocycles. The first-order chi connectivity index (χ1) is 13.9. The fraction of sp³-hybridized carbons (Fsp3) is 0.364. The number of piperazine rings is 1. The SMILES string of the molecule is COCCC(=O)N1CCN(C)C(=O)[C@H]1Cc1ccccc1-c1cc(F)cc(F)c1. The number of hydrogen-bond donors (Lipinski definition) is 0. The standard InChI is InChI=1S/C22H24F2N2O3/c1-25-8-9-26(21(27)7-10-29-2)20(22(25)28)13-15-5-3-4-6-19(15)16-11-17(23)14-18(24)12-16/h3-6,11-12,14,20H,7-10,13H2,1-2H3/t20-/m1/s1. The maximum absolute atomic E-state index is 13.7. The van der Waals surface area contributed by atoms with E-state index in [2.05, 4.69) is 0 Å². The number of rotatable bonds is 6.